The molecular weight excluding hydrogens is 273 g/mol. The van der Waals surface area contributed by atoms with Crippen molar-refractivity contribution in [3.05, 3.63) is 53.2 Å². The van der Waals surface area contributed by atoms with Gasteiger partial charge in [0.15, 0.2) is 0 Å². The van der Waals surface area contributed by atoms with E-state index in [4.69, 9.17) is 0 Å². The number of benzene rings is 1. The van der Waals surface area contributed by atoms with Crippen LogP contribution in [0.1, 0.15) is 16.7 Å². The minimum atomic E-state index is -0.184. The first-order chi connectivity index (χ1) is 9.67. The van der Waals surface area contributed by atoms with Crippen molar-refractivity contribution in [2.45, 2.75) is 12.5 Å². The Morgan fingerprint density at radius 1 is 1.40 bits per heavy atom. The van der Waals surface area contributed by atoms with Crippen LogP contribution in [0.25, 0.3) is 10.1 Å². The Kier molecular flexibility index (Phi) is 3.54. The quantitative estimate of drug-likeness (QED) is 0.799. The van der Waals surface area contributed by atoms with Gasteiger partial charge in [-0.05, 0) is 30.6 Å². The van der Waals surface area contributed by atoms with Crippen molar-refractivity contribution in [1.82, 2.24) is 14.9 Å². The number of aryl methyl sites for hydroxylation is 1. The Labute approximate surface area is 121 Å². The zero-order valence-electron chi connectivity index (χ0n) is 11.4. The van der Waals surface area contributed by atoms with Crippen molar-refractivity contribution >= 4 is 21.4 Å². The SMILES string of the molecule is CNC(Cc1nccn1C)c1cc2ccc(F)cc2s1. The monoisotopic (exact) mass is 289 g/mol. The number of nitrogens with one attached hydrogen (secondary N) is 1. The molecule has 0 aliphatic rings. The second-order valence-corrected chi connectivity index (χ2v) is 5.95. The number of likely N-dealkylation sites (N-methyl/N-ethyl adjacent to an activating group) is 1. The van der Waals surface area contributed by atoms with Crippen LogP contribution in [0.4, 0.5) is 4.39 Å². The van der Waals surface area contributed by atoms with Gasteiger partial charge in [0.25, 0.3) is 0 Å². The van der Waals surface area contributed by atoms with E-state index in [9.17, 15) is 4.39 Å². The lowest BCUT2D eigenvalue weighted by molar-refractivity contribution is 0.572. The number of hydrogen-bond donors (Lipinski definition) is 1. The van der Waals surface area contributed by atoms with Crippen LogP contribution in [-0.2, 0) is 13.5 Å². The first-order valence-electron chi connectivity index (χ1n) is 6.50. The highest BCUT2D eigenvalue weighted by Crippen LogP contribution is 2.31. The third-order valence-electron chi connectivity index (χ3n) is 3.50. The summed E-state index contributed by atoms with van der Waals surface area (Å²) in [6, 6.07) is 7.25. The number of thiophene rings is 1. The van der Waals surface area contributed by atoms with E-state index in [0.29, 0.717) is 0 Å². The molecule has 0 amide bonds. The average Bonchev–Trinajstić information content (AvgIpc) is 3.01. The van der Waals surface area contributed by atoms with Crippen molar-refractivity contribution < 1.29 is 4.39 Å². The lowest BCUT2D eigenvalue weighted by atomic mass is 10.1. The molecule has 104 valence electrons. The molecule has 3 rings (SSSR count). The number of rotatable bonds is 4. The van der Waals surface area contributed by atoms with E-state index in [0.717, 1.165) is 22.3 Å². The van der Waals surface area contributed by atoms with Gasteiger partial charge in [-0.3, -0.25) is 0 Å². The Hall–Kier alpha value is -1.72. The number of halogens is 1. The molecule has 1 unspecified atom stereocenters. The minimum Gasteiger partial charge on any atom is -0.338 e. The van der Waals surface area contributed by atoms with Gasteiger partial charge in [0, 0.05) is 41.5 Å². The van der Waals surface area contributed by atoms with Crippen LogP contribution in [0.5, 0.6) is 0 Å². The van der Waals surface area contributed by atoms with E-state index < -0.39 is 0 Å². The summed E-state index contributed by atoms with van der Waals surface area (Å²) < 4.78 is 16.3. The summed E-state index contributed by atoms with van der Waals surface area (Å²) in [5, 5.41) is 4.41. The number of aromatic nitrogens is 2. The van der Waals surface area contributed by atoms with E-state index in [1.807, 2.05) is 37.1 Å². The van der Waals surface area contributed by atoms with Crippen LogP contribution < -0.4 is 5.32 Å². The molecule has 0 saturated heterocycles. The Bertz CT molecular complexity index is 732. The fourth-order valence-electron chi connectivity index (χ4n) is 2.32. The molecule has 0 spiro atoms. The summed E-state index contributed by atoms with van der Waals surface area (Å²) in [5.41, 5.74) is 0. The van der Waals surface area contributed by atoms with Crippen molar-refractivity contribution in [3.63, 3.8) is 0 Å². The molecule has 1 aromatic carbocycles. The van der Waals surface area contributed by atoms with Gasteiger partial charge in [0.1, 0.15) is 11.6 Å². The van der Waals surface area contributed by atoms with Gasteiger partial charge >= 0.3 is 0 Å². The van der Waals surface area contributed by atoms with Crippen LogP contribution in [0.2, 0.25) is 0 Å². The van der Waals surface area contributed by atoms with Crippen molar-refractivity contribution in [1.29, 1.82) is 0 Å². The first kappa shape index (κ1) is 13.3. The number of imidazole rings is 1. The lowest BCUT2D eigenvalue weighted by Gasteiger charge is -2.14. The maximum atomic E-state index is 13.3. The third-order valence-corrected chi connectivity index (χ3v) is 4.71. The highest BCUT2D eigenvalue weighted by atomic mass is 32.1. The highest BCUT2D eigenvalue weighted by molar-refractivity contribution is 7.19. The Morgan fingerprint density at radius 2 is 2.25 bits per heavy atom. The standard InChI is InChI=1S/C15H16FN3S/c1-17-12(9-15-18-5-6-19(15)2)14-7-10-3-4-11(16)8-13(10)20-14/h3-8,12,17H,9H2,1-2H3. The molecule has 2 aromatic heterocycles. The molecule has 20 heavy (non-hydrogen) atoms. The van der Waals surface area contributed by atoms with Gasteiger partial charge in [-0.2, -0.15) is 0 Å². The third kappa shape index (κ3) is 2.46. The molecule has 1 N–H and O–H groups in total. The first-order valence-corrected chi connectivity index (χ1v) is 7.31. The molecule has 2 heterocycles. The van der Waals surface area contributed by atoms with Crippen molar-refractivity contribution in [3.8, 4) is 0 Å². The Morgan fingerprint density at radius 3 is 2.95 bits per heavy atom. The van der Waals surface area contributed by atoms with E-state index in [1.165, 1.54) is 10.9 Å². The van der Waals surface area contributed by atoms with Crippen LogP contribution in [0, 0.1) is 5.82 Å². The fraction of sp³-hybridized carbons (Fsp3) is 0.267. The minimum absolute atomic E-state index is 0.184. The lowest BCUT2D eigenvalue weighted by Crippen LogP contribution is -2.19. The zero-order chi connectivity index (χ0) is 14.1. The predicted octanol–water partition coefficient (Wildman–Crippen LogP) is 3.28. The van der Waals surface area contributed by atoms with Crippen LogP contribution in [-0.4, -0.2) is 16.6 Å². The summed E-state index contributed by atoms with van der Waals surface area (Å²) in [6.07, 6.45) is 4.57. The number of fused-ring (bicyclic) bond motifs is 1. The molecule has 0 radical (unpaired) electrons. The molecule has 1 atom stereocenters. The summed E-state index contributed by atoms with van der Waals surface area (Å²) >= 11 is 1.63. The Balaban J connectivity index is 1.92. The number of hydrogen-bond acceptors (Lipinski definition) is 3. The summed E-state index contributed by atoms with van der Waals surface area (Å²) in [4.78, 5) is 5.57. The van der Waals surface area contributed by atoms with E-state index in [2.05, 4.69) is 16.4 Å². The zero-order valence-corrected chi connectivity index (χ0v) is 12.2. The van der Waals surface area contributed by atoms with Gasteiger partial charge in [0.2, 0.25) is 0 Å². The van der Waals surface area contributed by atoms with Crippen LogP contribution >= 0.6 is 11.3 Å². The normalized spacial score (nSPS) is 12.9. The van der Waals surface area contributed by atoms with Gasteiger partial charge < -0.3 is 9.88 Å². The topological polar surface area (TPSA) is 29.9 Å². The maximum absolute atomic E-state index is 13.3. The second kappa shape index (κ2) is 5.34. The van der Waals surface area contributed by atoms with E-state index in [-0.39, 0.29) is 11.9 Å². The smallest absolute Gasteiger partial charge is 0.124 e. The van der Waals surface area contributed by atoms with Crippen molar-refractivity contribution in [2.24, 2.45) is 7.05 Å². The molecule has 0 aliphatic heterocycles. The predicted molar refractivity (Wildman–Crippen MR) is 80.5 cm³/mol. The maximum Gasteiger partial charge on any atom is 0.124 e. The molecule has 0 fully saturated rings. The largest absolute Gasteiger partial charge is 0.338 e. The van der Waals surface area contributed by atoms with Crippen LogP contribution in [0.15, 0.2) is 36.7 Å². The summed E-state index contributed by atoms with van der Waals surface area (Å²) in [5.74, 6) is 0.851. The van der Waals surface area contributed by atoms with Crippen LogP contribution in [0.3, 0.4) is 0 Å². The van der Waals surface area contributed by atoms with Gasteiger partial charge in [-0.1, -0.05) is 6.07 Å². The fourth-order valence-corrected chi connectivity index (χ4v) is 3.52. The van der Waals surface area contributed by atoms with Gasteiger partial charge in [-0.25, -0.2) is 9.37 Å². The molecule has 0 bridgehead atoms. The van der Waals surface area contributed by atoms with Gasteiger partial charge in [0.05, 0.1) is 0 Å². The van der Waals surface area contributed by atoms with E-state index in [1.54, 1.807) is 17.4 Å². The summed E-state index contributed by atoms with van der Waals surface area (Å²) in [7, 11) is 3.94. The molecule has 0 aliphatic carbocycles. The summed E-state index contributed by atoms with van der Waals surface area (Å²) in [6.45, 7) is 0. The second-order valence-electron chi connectivity index (χ2n) is 4.83. The van der Waals surface area contributed by atoms with E-state index >= 15 is 0 Å². The molecule has 3 nitrogen and oxygen atoms in total. The van der Waals surface area contributed by atoms with Gasteiger partial charge in [-0.15, -0.1) is 11.3 Å². The molecule has 0 saturated carbocycles. The number of nitrogens with zero attached hydrogens (tertiary/aromatic N) is 2. The molecule has 3 aromatic rings. The average molecular weight is 289 g/mol. The molecular formula is C15H16FN3S. The highest BCUT2D eigenvalue weighted by Gasteiger charge is 2.15. The van der Waals surface area contributed by atoms with Crippen molar-refractivity contribution in [2.75, 3.05) is 7.05 Å². The molecule has 5 heteroatoms.